The molecule has 8 heteroatoms. The van der Waals surface area contributed by atoms with Gasteiger partial charge in [0.15, 0.2) is 5.16 Å². The molecule has 0 unspecified atom stereocenters. The molecule has 0 saturated heterocycles. The van der Waals surface area contributed by atoms with Crippen LogP contribution in [0.4, 0.5) is 4.39 Å². The number of halogens is 1. The van der Waals surface area contributed by atoms with Gasteiger partial charge in [-0.3, -0.25) is 19.4 Å². The third-order valence-electron chi connectivity index (χ3n) is 2.93. The van der Waals surface area contributed by atoms with Crippen molar-refractivity contribution < 1.29 is 4.39 Å². The molecule has 1 heterocycles. The zero-order chi connectivity index (χ0) is 15.7. The summed E-state index contributed by atoms with van der Waals surface area (Å²) < 4.78 is 15.0. The van der Waals surface area contributed by atoms with Gasteiger partial charge < -0.3 is 5.73 Å². The molecular weight excluding hydrogens is 295 g/mol. The van der Waals surface area contributed by atoms with Crippen LogP contribution in [0.1, 0.15) is 24.1 Å². The molecule has 3 N–H and O–H groups in total. The average molecular weight is 310 g/mol. The molecule has 0 aliphatic carbocycles. The lowest BCUT2D eigenvalue weighted by Crippen LogP contribution is -2.33. The molecule has 0 saturated carbocycles. The highest BCUT2D eigenvalue weighted by Gasteiger charge is 2.14. The van der Waals surface area contributed by atoms with Crippen LogP contribution in [0.15, 0.2) is 31.8 Å². The fraction of sp³-hybridized carbons (Fsp3) is 0.308. The summed E-state index contributed by atoms with van der Waals surface area (Å²) in [5.41, 5.74) is 5.28. The van der Waals surface area contributed by atoms with Crippen LogP contribution in [0.5, 0.6) is 0 Å². The lowest BCUT2D eigenvalue weighted by molar-refractivity contribution is 0.595. The van der Waals surface area contributed by atoms with E-state index in [4.69, 9.17) is 5.73 Å². The van der Waals surface area contributed by atoms with Gasteiger partial charge in [0, 0.05) is 18.0 Å². The van der Waals surface area contributed by atoms with Crippen molar-refractivity contribution >= 4 is 11.8 Å². The van der Waals surface area contributed by atoms with Gasteiger partial charge in [0.1, 0.15) is 5.82 Å². The summed E-state index contributed by atoms with van der Waals surface area (Å²) in [6.45, 7) is 3.39. The Kier molecular flexibility index (Phi) is 4.29. The van der Waals surface area contributed by atoms with Crippen LogP contribution in [0.3, 0.4) is 0 Å². The zero-order valence-corrected chi connectivity index (χ0v) is 12.6. The first-order valence-corrected chi connectivity index (χ1v) is 7.02. The topological polar surface area (TPSA) is 93.8 Å². The second kappa shape index (κ2) is 5.82. The number of rotatable bonds is 3. The van der Waals surface area contributed by atoms with Gasteiger partial charge in [0.2, 0.25) is 0 Å². The van der Waals surface area contributed by atoms with E-state index in [1.165, 1.54) is 10.7 Å². The van der Waals surface area contributed by atoms with E-state index in [1.807, 2.05) is 0 Å². The Hall–Kier alpha value is -1.93. The number of aromatic amines is 1. The number of nitrogens with zero attached hydrogens (tertiary/aromatic N) is 2. The third kappa shape index (κ3) is 3.22. The van der Waals surface area contributed by atoms with E-state index in [1.54, 1.807) is 27.0 Å². The van der Waals surface area contributed by atoms with E-state index in [0.717, 1.165) is 11.8 Å². The van der Waals surface area contributed by atoms with Gasteiger partial charge in [0.05, 0.1) is 0 Å². The Morgan fingerprint density at radius 2 is 2.10 bits per heavy atom. The standard InChI is InChI=1S/C13H15FN4O2S/c1-6-4-10(8(7(2)15)5-9(6)14)21-13-16-11(19)12(20)17-18(13)3/h4-5,7H,15H2,1-3H3,(H,17,20)/t7-/m0/s1. The van der Waals surface area contributed by atoms with Crippen LogP contribution in [0, 0.1) is 12.7 Å². The first kappa shape index (κ1) is 15.5. The van der Waals surface area contributed by atoms with Crippen LogP contribution in [0.2, 0.25) is 0 Å². The second-order valence-electron chi connectivity index (χ2n) is 4.73. The Morgan fingerprint density at radius 3 is 2.71 bits per heavy atom. The summed E-state index contributed by atoms with van der Waals surface area (Å²) in [6, 6.07) is 2.66. The molecule has 1 aromatic heterocycles. The summed E-state index contributed by atoms with van der Waals surface area (Å²) in [6.07, 6.45) is 0. The second-order valence-corrected chi connectivity index (χ2v) is 5.74. The van der Waals surface area contributed by atoms with Crippen molar-refractivity contribution in [3.05, 3.63) is 49.8 Å². The van der Waals surface area contributed by atoms with Gasteiger partial charge >= 0.3 is 11.1 Å². The predicted molar refractivity (Wildman–Crippen MR) is 78.0 cm³/mol. The molecule has 0 aliphatic rings. The lowest BCUT2D eigenvalue weighted by Gasteiger charge is -2.14. The maximum Gasteiger partial charge on any atom is 0.339 e. The van der Waals surface area contributed by atoms with Crippen molar-refractivity contribution in [2.45, 2.75) is 29.9 Å². The molecule has 112 valence electrons. The van der Waals surface area contributed by atoms with E-state index >= 15 is 0 Å². The predicted octanol–water partition coefficient (Wildman–Crippen LogP) is 1.09. The van der Waals surface area contributed by atoms with Crippen LogP contribution in [-0.4, -0.2) is 14.8 Å². The molecule has 0 fully saturated rings. The van der Waals surface area contributed by atoms with Crippen molar-refractivity contribution in [1.29, 1.82) is 0 Å². The largest absolute Gasteiger partial charge is 0.339 e. The molecule has 0 radical (unpaired) electrons. The van der Waals surface area contributed by atoms with Crippen molar-refractivity contribution in [2.24, 2.45) is 12.8 Å². The minimum atomic E-state index is -0.864. The Morgan fingerprint density at radius 1 is 1.43 bits per heavy atom. The van der Waals surface area contributed by atoms with E-state index in [2.05, 4.69) is 10.1 Å². The van der Waals surface area contributed by atoms with Crippen LogP contribution >= 0.6 is 11.8 Å². The van der Waals surface area contributed by atoms with Crippen molar-refractivity contribution in [3.8, 4) is 0 Å². The highest BCUT2D eigenvalue weighted by atomic mass is 32.2. The van der Waals surface area contributed by atoms with Crippen molar-refractivity contribution in [1.82, 2.24) is 14.8 Å². The van der Waals surface area contributed by atoms with E-state index < -0.39 is 11.1 Å². The number of nitrogens with two attached hydrogens (primary N) is 1. The number of hydrogen-bond donors (Lipinski definition) is 2. The van der Waals surface area contributed by atoms with Gasteiger partial charge in [-0.1, -0.05) is 0 Å². The molecule has 6 nitrogen and oxygen atoms in total. The molecule has 0 spiro atoms. The molecular formula is C13H15FN4O2S. The maximum atomic E-state index is 13.7. The SMILES string of the molecule is Cc1cc(Sc2nc(=O)c(=O)[nH]n2C)c([C@H](C)N)cc1F. The van der Waals surface area contributed by atoms with Gasteiger partial charge in [0.25, 0.3) is 0 Å². The van der Waals surface area contributed by atoms with Crippen molar-refractivity contribution in [2.75, 3.05) is 0 Å². The number of aromatic nitrogens is 3. The third-order valence-corrected chi connectivity index (χ3v) is 4.05. The molecule has 2 aromatic rings. The molecule has 21 heavy (non-hydrogen) atoms. The summed E-state index contributed by atoms with van der Waals surface area (Å²) in [4.78, 5) is 26.9. The van der Waals surface area contributed by atoms with E-state index in [-0.39, 0.29) is 11.9 Å². The zero-order valence-electron chi connectivity index (χ0n) is 11.8. The molecule has 0 bridgehead atoms. The quantitative estimate of drug-likeness (QED) is 0.828. The van der Waals surface area contributed by atoms with Crippen molar-refractivity contribution in [3.63, 3.8) is 0 Å². The summed E-state index contributed by atoms with van der Waals surface area (Å²) in [5, 5.41) is 2.66. The van der Waals surface area contributed by atoms with Crippen LogP contribution < -0.4 is 16.9 Å². The summed E-state index contributed by atoms with van der Waals surface area (Å²) >= 11 is 1.15. The van der Waals surface area contributed by atoms with Crippen LogP contribution in [-0.2, 0) is 7.05 Å². The number of H-pyrrole nitrogens is 1. The first-order valence-electron chi connectivity index (χ1n) is 6.20. The normalized spacial score (nSPS) is 12.4. The van der Waals surface area contributed by atoms with Gasteiger partial charge in [-0.15, -0.1) is 0 Å². The minimum absolute atomic E-state index is 0.299. The van der Waals surface area contributed by atoms with Gasteiger partial charge in [-0.2, -0.15) is 4.98 Å². The lowest BCUT2D eigenvalue weighted by atomic mass is 10.1. The minimum Gasteiger partial charge on any atom is -0.324 e. The molecule has 1 atom stereocenters. The number of aryl methyl sites for hydroxylation is 2. The Bertz CT molecular complexity index is 798. The molecule has 0 aliphatic heterocycles. The summed E-state index contributed by atoms with van der Waals surface area (Å²) in [7, 11) is 1.57. The van der Waals surface area contributed by atoms with Crippen LogP contribution in [0.25, 0.3) is 0 Å². The number of benzene rings is 1. The average Bonchev–Trinajstić information content (AvgIpc) is 2.39. The molecule has 1 aromatic carbocycles. The first-order chi connectivity index (χ1) is 9.79. The monoisotopic (exact) mass is 310 g/mol. The number of nitrogens with one attached hydrogen (secondary N) is 1. The Balaban J connectivity index is 2.54. The fourth-order valence-electron chi connectivity index (χ4n) is 1.76. The fourth-order valence-corrected chi connectivity index (χ4v) is 2.87. The maximum absolute atomic E-state index is 13.7. The highest BCUT2D eigenvalue weighted by molar-refractivity contribution is 7.99. The number of hydrogen-bond acceptors (Lipinski definition) is 5. The molecule has 0 amide bonds. The molecule has 2 rings (SSSR count). The van der Waals surface area contributed by atoms with E-state index in [0.29, 0.717) is 21.2 Å². The van der Waals surface area contributed by atoms with Gasteiger partial charge in [-0.25, -0.2) is 4.39 Å². The summed E-state index contributed by atoms with van der Waals surface area (Å²) in [5.74, 6) is -0.338. The van der Waals surface area contributed by atoms with E-state index in [9.17, 15) is 14.0 Å². The van der Waals surface area contributed by atoms with Gasteiger partial charge in [-0.05, 0) is 48.9 Å². The Labute approximate surface area is 124 Å². The smallest absolute Gasteiger partial charge is 0.324 e. The highest BCUT2D eigenvalue weighted by Crippen LogP contribution is 2.32.